The van der Waals surface area contributed by atoms with Gasteiger partial charge in [-0.15, -0.1) is 0 Å². The number of anilines is 1. The molecule has 0 radical (unpaired) electrons. The van der Waals surface area contributed by atoms with Gasteiger partial charge in [0.15, 0.2) is 0 Å². The van der Waals surface area contributed by atoms with Crippen molar-refractivity contribution in [3.63, 3.8) is 0 Å². The third-order valence-corrected chi connectivity index (χ3v) is 6.37. The van der Waals surface area contributed by atoms with Crippen LogP contribution in [0.5, 0.6) is 0 Å². The highest BCUT2D eigenvalue weighted by molar-refractivity contribution is 5.93. The second-order valence-corrected chi connectivity index (χ2v) is 8.79. The molecule has 2 aromatic carbocycles. The highest BCUT2D eigenvalue weighted by Gasteiger charge is 2.32. The standard InChI is InChI=1S/C26H35N3O2/c1-4-20(3)24(28-26(31)27-23-12-10-19(2)11-13-23)25(30)29-16-14-22(15-17-29)18-21-8-6-5-7-9-21/h5-13,20,22,24H,4,14-18H2,1-3H3,(H2,27,28,31)/t20-,24-/m0/s1. The summed E-state index contributed by atoms with van der Waals surface area (Å²) in [5.74, 6) is 0.705. The number of benzene rings is 2. The summed E-state index contributed by atoms with van der Waals surface area (Å²) in [4.78, 5) is 27.8. The van der Waals surface area contributed by atoms with E-state index in [9.17, 15) is 9.59 Å². The summed E-state index contributed by atoms with van der Waals surface area (Å²) in [5, 5.41) is 5.79. The molecule has 2 aromatic rings. The summed E-state index contributed by atoms with van der Waals surface area (Å²) >= 11 is 0. The molecule has 31 heavy (non-hydrogen) atoms. The summed E-state index contributed by atoms with van der Waals surface area (Å²) in [5.41, 5.74) is 3.22. The van der Waals surface area contributed by atoms with Crippen LogP contribution in [0.2, 0.25) is 0 Å². The number of rotatable bonds is 7. The Morgan fingerprint density at radius 2 is 1.68 bits per heavy atom. The molecule has 2 N–H and O–H groups in total. The summed E-state index contributed by atoms with van der Waals surface area (Å²) in [7, 11) is 0. The molecular formula is C26H35N3O2. The molecule has 5 nitrogen and oxygen atoms in total. The quantitative estimate of drug-likeness (QED) is 0.660. The van der Waals surface area contributed by atoms with Crippen LogP contribution in [0.25, 0.3) is 0 Å². The number of piperidine rings is 1. The highest BCUT2D eigenvalue weighted by Crippen LogP contribution is 2.23. The minimum absolute atomic E-state index is 0.0339. The molecule has 1 aliphatic rings. The largest absolute Gasteiger partial charge is 0.341 e. The van der Waals surface area contributed by atoms with Gasteiger partial charge in [0.05, 0.1) is 0 Å². The van der Waals surface area contributed by atoms with Gasteiger partial charge in [-0.05, 0) is 55.7 Å². The molecule has 1 fully saturated rings. The zero-order valence-corrected chi connectivity index (χ0v) is 18.9. The zero-order valence-electron chi connectivity index (χ0n) is 18.9. The fraction of sp³-hybridized carbons (Fsp3) is 0.462. The third-order valence-electron chi connectivity index (χ3n) is 6.37. The molecule has 1 aliphatic heterocycles. The number of likely N-dealkylation sites (tertiary alicyclic amines) is 1. The summed E-state index contributed by atoms with van der Waals surface area (Å²) in [6.07, 6.45) is 3.90. The first-order valence-electron chi connectivity index (χ1n) is 11.4. The van der Waals surface area contributed by atoms with Crippen LogP contribution in [0.4, 0.5) is 10.5 Å². The van der Waals surface area contributed by atoms with E-state index in [0.717, 1.165) is 50.0 Å². The van der Waals surface area contributed by atoms with Crippen LogP contribution in [0.1, 0.15) is 44.2 Å². The normalized spacial score (nSPS) is 16.4. The predicted octanol–water partition coefficient (Wildman–Crippen LogP) is 5.01. The Bertz CT molecular complexity index is 843. The highest BCUT2D eigenvalue weighted by atomic mass is 16.2. The lowest BCUT2D eigenvalue weighted by Crippen LogP contribution is -2.54. The molecule has 0 aliphatic carbocycles. The van der Waals surface area contributed by atoms with Gasteiger partial charge in [0, 0.05) is 18.8 Å². The maximum Gasteiger partial charge on any atom is 0.319 e. The molecule has 166 valence electrons. The van der Waals surface area contributed by atoms with Gasteiger partial charge in [-0.1, -0.05) is 68.3 Å². The number of hydrogen-bond donors (Lipinski definition) is 2. The van der Waals surface area contributed by atoms with Crippen LogP contribution >= 0.6 is 0 Å². The number of amides is 3. The molecule has 0 bridgehead atoms. The lowest BCUT2D eigenvalue weighted by atomic mass is 9.89. The number of carbonyl (C=O) groups excluding carboxylic acids is 2. The van der Waals surface area contributed by atoms with Crippen molar-refractivity contribution in [3.8, 4) is 0 Å². The Hall–Kier alpha value is -2.82. The minimum Gasteiger partial charge on any atom is -0.341 e. The van der Waals surface area contributed by atoms with Crippen LogP contribution in [0, 0.1) is 18.8 Å². The Morgan fingerprint density at radius 1 is 1.03 bits per heavy atom. The van der Waals surface area contributed by atoms with E-state index in [1.807, 2.05) is 49.1 Å². The van der Waals surface area contributed by atoms with Crippen molar-refractivity contribution >= 4 is 17.6 Å². The Balaban J connectivity index is 1.55. The monoisotopic (exact) mass is 421 g/mol. The predicted molar refractivity (Wildman–Crippen MR) is 126 cm³/mol. The summed E-state index contributed by atoms with van der Waals surface area (Å²) < 4.78 is 0. The van der Waals surface area contributed by atoms with E-state index in [1.54, 1.807) is 0 Å². The van der Waals surface area contributed by atoms with E-state index < -0.39 is 6.04 Å². The van der Waals surface area contributed by atoms with Crippen molar-refractivity contribution in [2.24, 2.45) is 11.8 Å². The average Bonchev–Trinajstić information content (AvgIpc) is 2.79. The van der Waals surface area contributed by atoms with E-state index in [1.165, 1.54) is 5.56 Å². The fourth-order valence-electron chi connectivity index (χ4n) is 4.13. The van der Waals surface area contributed by atoms with Crippen LogP contribution in [0.15, 0.2) is 54.6 Å². The first-order valence-corrected chi connectivity index (χ1v) is 11.4. The average molecular weight is 422 g/mol. The number of nitrogens with one attached hydrogen (secondary N) is 2. The van der Waals surface area contributed by atoms with Gasteiger partial charge in [-0.2, -0.15) is 0 Å². The maximum atomic E-state index is 13.3. The van der Waals surface area contributed by atoms with E-state index >= 15 is 0 Å². The Kier molecular flexibility index (Phi) is 8.10. The van der Waals surface area contributed by atoms with Crippen molar-refractivity contribution < 1.29 is 9.59 Å². The number of urea groups is 1. The molecule has 0 aromatic heterocycles. The molecule has 0 spiro atoms. The summed E-state index contributed by atoms with van der Waals surface area (Å²) in [6, 6.07) is 17.3. The lowest BCUT2D eigenvalue weighted by Gasteiger charge is -2.36. The third kappa shape index (κ3) is 6.58. The van der Waals surface area contributed by atoms with E-state index in [2.05, 4.69) is 41.8 Å². The second-order valence-electron chi connectivity index (χ2n) is 8.79. The van der Waals surface area contributed by atoms with Gasteiger partial charge in [-0.25, -0.2) is 4.79 Å². The molecule has 3 rings (SSSR count). The Labute approximate surface area is 186 Å². The molecule has 5 heteroatoms. The topological polar surface area (TPSA) is 61.4 Å². The van der Waals surface area contributed by atoms with Gasteiger partial charge in [0.2, 0.25) is 5.91 Å². The van der Waals surface area contributed by atoms with Gasteiger partial charge in [0.25, 0.3) is 0 Å². The number of carbonyl (C=O) groups is 2. The van der Waals surface area contributed by atoms with Gasteiger partial charge >= 0.3 is 6.03 Å². The second kappa shape index (κ2) is 11.0. The van der Waals surface area contributed by atoms with Gasteiger partial charge in [-0.3, -0.25) is 4.79 Å². The van der Waals surface area contributed by atoms with E-state index in [-0.39, 0.29) is 17.9 Å². The number of nitrogens with zero attached hydrogens (tertiary/aromatic N) is 1. The maximum absolute atomic E-state index is 13.3. The molecular weight excluding hydrogens is 386 g/mol. The molecule has 3 amide bonds. The van der Waals surface area contributed by atoms with Gasteiger partial charge in [0.1, 0.15) is 6.04 Å². The fourth-order valence-corrected chi connectivity index (χ4v) is 4.13. The first kappa shape index (κ1) is 22.9. The molecule has 0 saturated carbocycles. The number of aryl methyl sites for hydroxylation is 1. The van der Waals surface area contributed by atoms with Crippen molar-refractivity contribution in [3.05, 3.63) is 65.7 Å². The van der Waals surface area contributed by atoms with Crippen molar-refractivity contribution in [1.29, 1.82) is 0 Å². The zero-order chi connectivity index (χ0) is 22.2. The van der Waals surface area contributed by atoms with Crippen molar-refractivity contribution in [1.82, 2.24) is 10.2 Å². The SMILES string of the molecule is CC[C@H](C)[C@H](NC(=O)Nc1ccc(C)cc1)C(=O)N1CCC(Cc2ccccc2)CC1. The lowest BCUT2D eigenvalue weighted by molar-refractivity contribution is -0.135. The smallest absolute Gasteiger partial charge is 0.319 e. The van der Waals surface area contributed by atoms with E-state index in [0.29, 0.717) is 5.92 Å². The van der Waals surface area contributed by atoms with E-state index in [4.69, 9.17) is 0 Å². The first-order chi connectivity index (χ1) is 15.0. The molecule has 0 unspecified atom stereocenters. The van der Waals surface area contributed by atoms with Crippen molar-refractivity contribution in [2.75, 3.05) is 18.4 Å². The molecule has 1 heterocycles. The Morgan fingerprint density at radius 3 is 2.29 bits per heavy atom. The minimum atomic E-state index is -0.513. The van der Waals surface area contributed by atoms with Crippen molar-refractivity contribution in [2.45, 2.75) is 52.5 Å². The van der Waals surface area contributed by atoms with Crippen LogP contribution in [-0.2, 0) is 11.2 Å². The van der Waals surface area contributed by atoms with Crippen LogP contribution in [-0.4, -0.2) is 36.0 Å². The van der Waals surface area contributed by atoms with Gasteiger partial charge < -0.3 is 15.5 Å². The van der Waals surface area contributed by atoms with Crippen LogP contribution < -0.4 is 10.6 Å². The molecule has 1 saturated heterocycles. The molecule has 2 atom stereocenters. The van der Waals surface area contributed by atoms with Crippen LogP contribution in [0.3, 0.4) is 0 Å². The summed E-state index contributed by atoms with van der Waals surface area (Å²) in [6.45, 7) is 7.59. The number of hydrogen-bond acceptors (Lipinski definition) is 2.